The van der Waals surface area contributed by atoms with Crippen molar-refractivity contribution >= 4 is 11.5 Å². The van der Waals surface area contributed by atoms with Crippen molar-refractivity contribution in [2.24, 2.45) is 11.3 Å². The molecule has 0 radical (unpaired) electrons. The van der Waals surface area contributed by atoms with E-state index in [9.17, 15) is 4.79 Å². The lowest BCUT2D eigenvalue weighted by Crippen LogP contribution is -2.10. The Morgan fingerprint density at radius 2 is 2.33 bits per heavy atom. The van der Waals surface area contributed by atoms with Gasteiger partial charge in [-0.3, -0.25) is 9.78 Å². The van der Waals surface area contributed by atoms with Crippen LogP contribution in [0.1, 0.15) is 25.8 Å². The molecule has 1 aromatic heterocycles. The molecule has 1 heterocycles. The summed E-state index contributed by atoms with van der Waals surface area (Å²) in [7, 11) is 0. The van der Waals surface area contributed by atoms with Crippen LogP contribution in [0.5, 0.6) is 0 Å². The summed E-state index contributed by atoms with van der Waals surface area (Å²) < 4.78 is 0. The number of Topliss-reactive ketones (excluding diaryl/α,β-unsaturated/α-hetero) is 1. The third-order valence-corrected chi connectivity index (χ3v) is 3.21. The van der Waals surface area contributed by atoms with E-state index in [1.165, 1.54) is 0 Å². The van der Waals surface area contributed by atoms with Crippen LogP contribution in [0.3, 0.4) is 0 Å². The van der Waals surface area contributed by atoms with Crippen molar-refractivity contribution in [1.29, 1.82) is 0 Å². The highest BCUT2D eigenvalue weighted by molar-refractivity contribution is 5.87. The van der Waals surface area contributed by atoms with Crippen molar-refractivity contribution in [3.05, 3.63) is 24.0 Å². The number of carbonyl (C=O) groups excluding carboxylic acids is 1. The molecule has 80 valence electrons. The molecule has 1 unspecified atom stereocenters. The van der Waals surface area contributed by atoms with Gasteiger partial charge in [0.2, 0.25) is 0 Å². The lowest BCUT2D eigenvalue weighted by atomic mass is 10.0. The van der Waals surface area contributed by atoms with Gasteiger partial charge in [-0.25, -0.2) is 0 Å². The fourth-order valence-corrected chi connectivity index (χ4v) is 1.91. The van der Waals surface area contributed by atoms with E-state index in [0.717, 1.165) is 12.0 Å². The molecule has 15 heavy (non-hydrogen) atoms. The molecule has 1 atom stereocenters. The molecular weight excluding hydrogens is 188 g/mol. The summed E-state index contributed by atoms with van der Waals surface area (Å²) in [6.45, 7) is 4.25. The summed E-state index contributed by atoms with van der Waals surface area (Å²) in [5.74, 6) is 0.511. The van der Waals surface area contributed by atoms with E-state index in [2.05, 4.69) is 18.8 Å². The highest BCUT2D eigenvalue weighted by Crippen LogP contribution is 2.52. The number of ketones is 1. The number of hydrogen-bond donors (Lipinski definition) is 1. The minimum Gasteiger partial charge on any atom is -0.398 e. The van der Waals surface area contributed by atoms with Gasteiger partial charge in [-0.2, -0.15) is 0 Å². The number of hydrogen-bond acceptors (Lipinski definition) is 3. The summed E-state index contributed by atoms with van der Waals surface area (Å²) >= 11 is 0. The zero-order chi connectivity index (χ0) is 11.1. The zero-order valence-electron chi connectivity index (χ0n) is 9.16. The molecule has 2 rings (SSSR count). The van der Waals surface area contributed by atoms with Crippen LogP contribution in [0.4, 0.5) is 5.69 Å². The Kier molecular flexibility index (Phi) is 2.25. The normalized spacial score (nSPS) is 22.4. The maximum atomic E-state index is 11.9. The molecule has 1 aliphatic rings. The van der Waals surface area contributed by atoms with Crippen LogP contribution < -0.4 is 5.73 Å². The quantitative estimate of drug-likeness (QED) is 0.817. The predicted molar refractivity (Wildman–Crippen MR) is 59.2 cm³/mol. The number of nitrogen functional groups attached to an aromatic ring is 1. The highest BCUT2D eigenvalue weighted by atomic mass is 16.1. The maximum Gasteiger partial charge on any atom is 0.141 e. The minimum absolute atomic E-state index is 0.202. The van der Waals surface area contributed by atoms with E-state index in [4.69, 9.17) is 5.73 Å². The van der Waals surface area contributed by atoms with Crippen molar-refractivity contribution < 1.29 is 4.79 Å². The Morgan fingerprint density at radius 3 is 2.87 bits per heavy atom. The van der Waals surface area contributed by atoms with Gasteiger partial charge in [0.05, 0.1) is 0 Å². The number of nitrogens with two attached hydrogens (primary N) is 1. The Labute approximate surface area is 89.7 Å². The summed E-state index contributed by atoms with van der Waals surface area (Å²) in [5.41, 5.74) is 7.48. The van der Waals surface area contributed by atoms with Crippen molar-refractivity contribution in [2.75, 3.05) is 5.73 Å². The van der Waals surface area contributed by atoms with Crippen molar-refractivity contribution in [3.63, 3.8) is 0 Å². The second kappa shape index (κ2) is 3.33. The van der Waals surface area contributed by atoms with Gasteiger partial charge in [0.1, 0.15) is 5.78 Å². The molecule has 3 heteroatoms. The fourth-order valence-electron chi connectivity index (χ4n) is 1.91. The lowest BCUT2D eigenvalue weighted by Gasteiger charge is -2.05. The molecule has 0 amide bonds. The Hall–Kier alpha value is -1.38. The molecule has 1 saturated carbocycles. The summed E-state index contributed by atoms with van der Waals surface area (Å²) in [5, 5.41) is 0. The number of anilines is 1. The second-order valence-corrected chi connectivity index (χ2v) is 4.96. The van der Waals surface area contributed by atoms with Crippen molar-refractivity contribution in [1.82, 2.24) is 4.98 Å². The Balaban J connectivity index is 2.05. The molecule has 2 N–H and O–H groups in total. The second-order valence-electron chi connectivity index (χ2n) is 4.96. The maximum absolute atomic E-state index is 11.9. The van der Waals surface area contributed by atoms with Gasteiger partial charge in [-0.1, -0.05) is 13.8 Å². The first-order valence-corrected chi connectivity index (χ1v) is 5.22. The van der Waals surface area contributed by atoms with Crippen LogP contribution >= 0.6 is 0 Å². The van der Waals surface area contributed by atoms with Crippen molar-refractivity contribution in [2.45, 2.75) is 26.7 Å². The van der Waals surface area contributed by atoms with E-state index in [1.807, 2.05) is 0 Å². The SMILES string of the molecule is CC1(C)CC1C(=O)Cc1cnccc1N. The largest absolute Gasteiger partial charge is 0.398 e. The van der Waals surface area contributed by atoms with E-state index in [0.29, 0.717) is 17.9 Å². The van der Waals surface area contributed by atoms with Gasteiger partial charge >= 0.3 is 0 Å². The predicted octanol–water partition coefficient (Wildman–Crippen LogP) is 1.82. The molecule has 1 aromatic rings. The zero-order valence-corrected chi connectivity index (χ0v) is 9.16. The molecule has 0 aliphatic heterocycles. The molecule has 1 aliphatic carbocycles. The summed E-state index contributed by atoms with van der Waals surface area (Å²) in [6, 6.07) is 1.74. The first-order valence-electron chi connectivity index (χ1n) is 5.22. The van der Waals surface area contributed by atoms with E-state index >= 15 is 0 Å². The average molecular weight is 204 g/mol. The summed E-state index contributed by atoms with van der Waals surface area (Å²) in [6.07, 6.45) is 4.76. The topological polar surface area (TPSA) is 56.0 Å². The first kappa shape index (κ1) is 10.1. The Bertz CT molecular complexity index is 398. The summed E-state index contributed by atoms with van der Waals surface area (Å²) in [4.78, 5) is 15.8. The van der Waals surface area contributed by atoms with Gasteiger partial charge < -0.3 is 5.73 Å². The van der Waals surface area contributed by atoms with Crippen LogP contribution in [0.15, 0.2) is 18.5 Å². The van der Waals surface area contributed by atoms with Crippen LogP contribution in [-0.4, -0.2) is 10.8 Å². The Morgan fingerprint density at radius 1 is 1.67 bits per heavy atom. The third kappa shape index (κ3) is 2.01. The number of nitrogens with zero attached hydrogens (tertiary/aromatic N) is 1. The molecule has 3 nitrogen and oxygen atoms in total. The minimum atomic E-state index is 0.202. The standard InChI is InChI=1S/C12H16N2O/c1-12(2)6-9(12)11(15)5-8-7-14-4-3-10(8)13/h3-4,7,9H,5-6H2,1-2H3,(H2,13,14). The van der Waals surface area contributed by atoms with Crippen LogP contribution in [0.25, 0.3) is 0 Å². The van der Waals surface area contributed by atoms with Crippen LogP contribution in [0.2, 0.25) is 0 Å². The molecule has 0 aromatic carbocycles. The number of rotatable bonds is 3. The third-order valence-electron chi connectivity index (χ3n) is 3.21. The van der Waals surface area contributed by atoms with Gasteiger partial charge in [0.25, 0.3) is 0 Å². The average Bonchev–Trinajstić information content (AvgIpc) is 2.79. The number of pyridine rings is 1. The lowest BCUT2D eigenvalue weighted by molar-refractivity contribution is -0.120. The highest BCUT2D eigenvalue weighted by Gasteiger charge is 2.49. The smallest absolute Gasteiger partial charge is 0.141 e. The van der Waals surface area contributed by atoms with E-state index < -0.39 is 0 Å². The van der Waals surface area contributed by atoms with E-state index in [1.54, 1.807) is 18.5 Å². The molecule has 0 saturated heterocycles. The van der Waals surface area contributed by atoms with Gasteiger partial charge in [0, 0.05) is 36.0 Å². The van der Waals surface area contributed by atoms with E-state index in [-0.39, 0.29) is 11.3 Å². The van der Waals surface area contributed by atoms with Gasteiger partial charge in [0.15, 0.2) is 0 Å². The van der Waals surface area contributed by atoms with Gasteiger partial charge in [-0.05, 0) is 17.9 Å². The number of aromatic nitrogens is 1. The monoisotopic (exact) mass is 204 g/mol. The molecule has 1 fully saturated rings. The van der Waals surface area contributed by atoms with Crippen LogP contribution in [0, 0.1) is 11.3 Å². The molecule has 0 bridgehead atoms. The molecule has 0 spiro atoms. The fraction of sp³-hybridized carbons (Fsp3) is 0.500. The first-order chi connectivity index (χ1) is 7.00. The van der Waals surface area contributed by atoms with Crippen molar-refractivity contribution in [3.8, 4) is 0 Å². The van der Waals surface area contributed by atoms with Gasteiger partial charge in [-0.15, -0.1) is 0 Å². The van der Waals surface area contributed by atoms with Crippen LogP contribution in [-0.2, 0) is 11.2 Å². The molecular formula is C12H16N2O. The number of carbonyl (C=O) groups is 1.